The van der Waals surface area contributed by atoms with Crippen LogP contribution in [0, 0.1) is 0 Å². The molecular weight excluding hydrogens is 164 g/mol. The van der Waals surface area contributed by atoms with Gasteiger partial charge < -0.3 is 9.84 Å². The summed E-state index contributed by atoms with van der Waals surface area (Å²) in [7, 11) is 0. The average Bonchev–Trinajstić information content (AvgIpc) is 1.90. The van der Waals surface area contributed by atoms with E-state index in [1.165, 1.54) is 0 Å². The second-order valence-electron chi connectivity index (χ2n) is 1.59. The molecule has 68 valence electrons. The van der Waals surface area contributed by atoms with Crippen LogP contribution < -0.4 is 0 Å². The molecule has 0 spiro atoms. The summed E-state index contributed by atoms with van der Waals surface area (Å²) < 4.78 is 4.59. The third-order valence-electron chi connectivity index (χ3n) is 0.621. The number of aliphatic hydroxyl groups excluding tert-OH is 1. The summed E-state index contributed by atoms with van der Waals surface area (Å²) in [4.78, 5) is 10.4. The lowest BCUT2D eigenvalue weighted by Gasteiger charge is -1.96. The van der Waals surface area contributed by atoms with Gasteiger partial charge in [-0.05, 0) is 13.8 Å². The lowest BCUT2D eigenvalue weighted by atomic mass is 10.5. The van der Waals surface area contributed by atoms with Crippen molar-refractivity contribution in [2.45, 2.75) is 20.3 Å². The van der Waals surface area contributed by atoms with Crippen molar-refractivity contribution in [1.82, 2.24) is 0 Å². The minimum atomic E-state index is -0.164. The number of esters is 1. The van der Waals surface area contributed by atoms with E-state index in [0.717, 1.165) is 0 Å². The van der Waals surface area contributed by atoms with Crippen molar-refractivity contribution in [3.8, 4) is 0 Å². The number of aliphatic hydroxyl groups is 1. The summed E-state index contributed by atoms with van der Waals surface area (Å²) in [5, 5.41) is 7.57. The summed E-state index contributed by atoms with van der Waals surface area (Å²) in [6, 6.07) is 0. The van der Waals surface area contributed by atoms with Crippen molar-refractivity contribution < 1.29 is 14.6 Å². The zero-order valence-electron chi connectivity index (χ0n) is 7.04. The smallest absolute Gasteiger partial charge is 0.306 e. The quantitative estimate of drug-likeness (QED) is 0.500. The third kappa shape index (κ3) is 17.7. The first-order chi connectivity index (χ1) is 5.22. The van der Waals surface area contributed by atoms with E-state index in [9.17, 15) is 4.79 Å². The van der Waals surface area contributed by atoms with Crippen LogP contribution in [0.3, 0.4) is 0 Å². The third-order valence-corrected chi connectivity index (χ3v) is 0.845. The molecule has 0 fully saturated rings. The number of rotatable bonds is 3. The predicted molar refractivity (Wildman–Crippen MR) is 47.9 cm³/mol. The molecule has 0 aromatic rings. The van der Waals surface area contributed by atoms with Crippen molar-refractivity contribution in [3.05, 3.63) is 0 Å². The Labute approximate surface area is 73.2 Å². The molecule has 11 heavy (non-hydrogen) atoms. The SMILES string of the molecule is CCO.CCOC(=O)CCS. The minimum Gasteiger partial charge on any atom is -0.466 e. The topological polar surface area (TPSA) is 46.5 Å². The van der Waals surface area contributed by atoms with Crippen LogP contribution in [0.4, 0.5) is 0 Å². The summed E-state index contributed by atoms with van der Waals surface area (Å²) >= 11 is 3.85. The van der Waals surface area contributed by atoms with Gasteiger partial charge in [-0.15, -0.1) is 0 Å². The largest absolute Gasteiger partial charge is 0.466 e. The number of carbonyl (C=O) groups excluding carboxylic acids is 1. The number of carbonyl (C=O) groups is 1. The van der Waals surface area contributed by atoms with E-state index in [2.05, 4.69) is 17.4 Å². The molecule has 0 aliphatic carbocycles. The van der Waals surface area contributed by atoms with Crippen molar-refractivity contribution in [1.29, 1.82) is 0 Å². The van der Waals surface area contributed by atoms with Gasteiger partial charge in [0.25, 0.3) is 0 Å². The maximum absolute atomic E-state index is 10.4. The van der Waals surface area contributed by atoms with Crippen molar-refractivity contribution >= 4 is 18.6 Å². The summed E-state index contributed by atoms with van der Waals surface area (Å²) in [6.07, 6.45) is 0.414. The molecule has 0 aliphatic heterocycles. The molecule has 0 amide bonds. The monoisotopic (exact) mass is 180 g/mol. The molecule has 0 bridgehead atoms. The normalized spacial score (nSPS) is 8.00. The van der Waals surface area contributed by atoms with Gasteiger partial charge in [0.1, 0.15) is 0 Å². The molecule has 0 saturated heterocycles. The molecule has 0 aliphatic rings. The molecule has 0 heterocycles. The standard InChI is InChI=1S/C5H10O2S.C2H6O/c1-2-7-5(6)3-4-8;1-2-3/h8H,2-4H2,1H3;3H,2H2,1H3. The van der Waals surface area contributed by atoms with Crippen molar-refractivity contribution in [2.24, 2.45) is 0 Å². The van der Waals surface area contributed by atoms with Crippen LogP contribution in [0.1, 0.15) is 20.3 Å². The van der Waals surface area contributed by atoms with Gasteiger partial charge in [-0.2, -0.15) is 12.6 Å². The van der Waals surface area contributed by atoms with Crippen molar-refractivity contribution in [2.75, 3.05) is 19.0 Å². The van der Waals surface area contributed by atoms with E-state index in [1.54, 1.807) is 13.8 Å². The van der Waals surface area contributed by atoms with Gasteiger partial charge in [0.2, 0.25) is 0 Å². The molecule has 0 saturated carbocycles. The molecule has 4 heteroatoms. The molecule has 0 rings (SSSR count). The summed E-state index contributed by atoms with van der Waals surface area (Å²) in [5.41, 5.74) is 0. The zero-order valence-corrected chi connectivity index (χ0v) is 7.93. The highest BCUT2D eigenvalue weighted by Gasteiger charge is 1.95. The van der Waals surface area contributed by atoms with Crippen molar-refractivity contribution in [3.63, 3.8) is 0 Å². The maximum Gasteiger partial charge on any atom is 0.306 e. The highest BCUT2D eigenvalue weighted by atomic mass is 32.1. The van der Waals surface area contributed by atoms with Gasteiger partial charge in [0, 0.05) is 12.4 Å². The highest BCUT2D eigenvalue weighted by Crippen LogP contribution is 1.87. The first-order valence-electron chi connectivity index (χ1n) is 3.60. The second-order valence-corrected chi connectivity index (χ2v) is 2.04. The lowest BCUT2D eigenvalue weighted by molar-refractivity contribution is -0.142. The minimum absolute atomic E-state index is 0.164. The maximum atomic E-state index is 10.4. The Morgan fingerprint density at radius 2 is 2.00 bits per heavy atom. The molecular formula is C7H16O3S. The number of thiol groups is 1. The van der Waals surface area contributed by atoms with E-state index < -0.39 is 0 Å². The van der Waals surface area contributed by atoms with E-state index in [-0.39, 0.29) is 12.6 Å². The number of hydrogen-bond acceptors (Lipinski definition) is 4. The second kappa shape index (κ2) is 12.5. The average molecular weight is 180 g/mol. The number of hydrogen-bond donors (Lipinski definition) is 2. The fourth-order valence-corrected chi connectivity index (χ4v) is 0.507. The Hall–Kier alpha value is -0.220. The van der Waals surface area contributed by atoms with Crippen LogP contribution in [-0.2, 0) is 9.53 Å². The lowest BCUT2D eigenvalue weighted by Crippen LogP contribution is -2.03. The molecule has 0 aromatic heterocycles. The Morgan fingerprint density at radius 1 is 1.55 bits per heavy atom. The Bertz CT molecular complexity index is 77.8. The first-order valence-corrected chi connectivity index (χ1v) is 4.23. The van der Waals surface area contributed by atoms with Crippen LogP contribution in [0.15, 0.2) is 0 Å². The van der Waals surface area contributed by atoms with Gasteiger partial charge in [-0.1, -0.05) is 0 Å². The van der Waals surface area contributed by atoms with Crippen LogP contribution >= 0.6 is 12.6 Å². The number of ether oxygens (including phenoxy) is 1. The van der Waals surface area contributed by atoms with Crippen LogP contribution in [0.2, 0.25) is 0 Å². The van der Waals surface area contributed by atoms with Gasteiger partial charge >= 0.3 is 5.97 Å². The first kappa shape index (κ1) is 13.4. The highest BCUT2D eigenvalue weighted by molar-refractivity contribution is 7.80. The van der Waals surface area contributed by atoms with E-state index >= 15 is 0 Å². The fraction of sp³-hybridized carbons (Fsp3) is 0.857. The Balaban J connectivity index is 0. The Kier molecular flexibility index (Phi) is 15.1. The summed E-state index contributed by atoms with van der Waals surface area (Å²) in [6.45, 7) is 4.18. The van der Waals surface area contributed by atoms with Gasteiger partial charge in [0.05, 0.1) is 13.0 Å². The zero-order chi connectivity index (χ0) is 9.11. The molecule has 0 atom stereocenters. The molecule has 1 N–H and O–H groups in total. The van der Waals surface area contributed by atoms with Gasteiger partial charge in [0.15, 0.2) is 0 Å². The van der Waals surface area contributed by atoms with Gasteiger partial charge in [-0.3, -0.25) is 4.79 Å². The van der Waals surface area contributed by atoms with E-state index in [0.29, 0.717) is 18.8 Å². The molecule has 0 radical (unpaired) electrons. The summed E-state index contributed by atoms with van der Waals surface area (Å²) in [5.74, 6) is 0.404. The fourth-order valence-electron chi connectivity index (χ4n) is 0.324. The molecule has 3 nitrogen and oxygen atoms in total. The Morgan fingerprint density at radius 3 is 2.27 bits per heavy atom. The molecule has 0 aromatic carbocycles. The molecule has 0 unspecified atom stereocenters. The predicted octanol–water partition coefficient (Wildman–Crippen LogP) is 0.868. The van der Waals surface area contributed by atoms with Crippen LogP contribution in [-0.4, -0.2) is 30.0 Å². The van der Waals surface area contributed by atoms with E-state index in [1.807, 2.05) is 0 Å². The van der Waals surface area contributed by atoms with Gasteiger partial charge in [-0.25, -0.2) is 0 Å². The van der Waals surface area contributed by atoms with Crippen LogP contribution in [0.5, 0.6) is 0 Å². The van der Waals surface area contributed by atoms with E-state index in [4.69, 9.17) is 5.11 Å². The van der Waals surface area contributed by atoms with Crippen LogP contribution in [0.25, 0.3) is 0 Å².